The molecule has 0 saturated heterocycles. The molecule has 0 aromatic heterocycles. The molecule has 0 fully saturated rings. The fourth-order valence-corrected chi connectivity index (χ4v) is 2.70. The van der Waals surface area contributed by atoms with Gasteiger partial charge >= 0.3 is 0 Å². The largest absolute Gasteiger partial charge is 0.351 e. The van der Waals surface area contributed by atoms with Crippen molar-refractivity contribution >= 4 is 29.1 Å². The van der Waals surface area contributed by atoms with Crippen molar-refractivity contribution in [1.82, 2.24) is 4.90 Å². The van der Waals surface area contributed by atoms with Gasteiger partial charge in [-0.2, -0.15) is 0 Å². The van der Waals surface area contributed by atoms with E-state index in [2.05, 4.69) is 5.32 Å². The first-order chi connectivity index (χ1) is 12.3. The number of halogens is 3. The van der Waals surface area contributed by atoms with Gasteiger partial charge in [-0.15, -0.1) is 0 Å². The van der Waals surface area contributed by atoms with E-state index in [0.717, 1.165) is 28.7 Å². The van der Waals surface area contributed by atoms with Crippen molar-refractivity contribution in [3.63, 3.8) is 0 Å². The first kappa shape index (κ1) is 18.1. The molecule has 26 heavy (non-hydrogen) atoms. The van der Waals surface area contributed by atoms with E-state index in [1.165, 1.54) is 6.92 Å². The van der Waals surface area contributed by atoms with Gasteiger partial charge in [-0.3, -0.25) is 14.5 Å². The van der Waals surface area contributed by atoms with Gasteiger partial charge in [0.25, 0.3) is 11.8 Å². The normalized spacial score (nSPS) is 14.0. The van der Waals surface area contributed by atoms with E-state index in [9.17, 15) is 18.4 Å². The zero-order valence-electron chi connectivity index (χ0n) is 13.9. The Labute approximate surface area is 154 Å². The zero-order valence-corrected chi connectivity index (χ0v) is 14.6. The highest BCUT2D eigenvalue weighted by Gasteiger charge is 2.31. The quantitative estimate of drug-likeness (QED) is 0.807. The molecule has 0 aliphatic carbocycles. The Kier molecular flexibility index (Phi) is 5.04. The van der Waals surface area contributed by atoms with Gasteiger partial charge in [-0.05, 0) is 43.2 Å². The summed E-state index contributed by atoms with van der Waals surface area (Å²) >= 11 is 5.82. The number of benzene rings is 2. The standard InChI is InChI=1S/C19H15ClF2N2O2/c1-11-15(21)8-14(9-16(11)22)23-17-10-18(25)24(19(17)26)7-6-12-2-4-13(20)5-3-12/h2-5,8-10,23H,6-7H2,1H3. The summed E-state index contributed by atoms with van der Waals surface area (Å²) in [4.78, 5) is 25.5. The Balaban J connectivity index is 1.68. The molecule has 0 unspecified atom stereocenters. The molecule has 2 aromatic carbocycles. The van der Waals surface area contributed by atoms with Crippen molar-refractivity contribution in [3.05, 3.63) is 76.0 Å². The Morgan fingerprint density at radius 1 is 1.08 bits per heavy atom. The molecule has 1 N–H and O–H groups in total. The third kappa shape index (κ3) is 3.75. The van der Waals surface area contributed by atoms with E-state index >= 15 is 0 Å². The molecule has 1 aliphatic rings. The number of nitrogens with zero attached hydrogens (tertiary/aromatic N) is 1. The molecular weight excluding hydrogens is 362 g/mol. The van der Waals surface area contributed by atoms with Crippen LogP contribution in [0.1, 0.15) is 11.1 Å². The van der Waals surface area contributed by atoms with Crippen molar-refractivity contribution in [2.75, 3.05) is 11.9 Å². The van der Waals surface area contributed by atoms with Crippen LogP contribution in [-0.4, -0.2) is 23.3 Å². The van der Waals surface area contributed by atoms with Gasteiger partial charge in [0.1, 0.15) is 17.3 Å². The zero-order chi connectivity index (χ0) is 18.8. The molecule has 0 bridgehead atoms. The van der Waals surface area contributed by atoms with Crippen LogP contribution in [0.4, 0.5) is 14.5 Å². The number of nitrogens with one attached hydrogen (secondary N) is 1. The number of anilines is 1. The highest BCUT2D eigenvalue weighted by molar-refractivity contribution is 6.30. The van der Waals surface area contributed by atoms with E-state index in [1.807, 2.05) is 12.1 Å². The number of carbonyl (C=O) groups excluding carboxylic acids is 2. The van der Waals surface area contributed by atoms with Crippen LogP contribution in [0.25, 0.3) is 0 Å². The van der Waals surface area contributed by atoms with Crippen molar-refractivity contribution < 1.29 is 18.4 Å². The average molecular weight is 377 g/mol. The summed E-state index contributed by atoms with van der Waals surface area (Å²) in [7, 11) is 0. The van der Waals surface area contributed by atoms with E-state index in [1.54, 1.807) is 12.1 Å². The van der Waals surface area contributed by atoms with Gasteiger partial charge in [-0.25, -0.2) is 8.78 Å². The topological polar surface area (TPSA) is 49.4 Å². The van der Waals surface area contributed by atoms with Crippen LogP contribution in [0.2, 0.25) is 5.02 Å². The summed E-state index contributed by atoms with van der Waals surface area (Å²) in [5.41, 5.74) is 0.869. The maximum atomic E-state index is 13.6. The second-order valence-electron chi connectivity index (χ2n) is 5.92. The number of rotatable bonds is 5. The molecule has 7 heteroatoms. The van der Waals surface area contributed by atoms with Gasteiger partial charge in [0, 0.05) is 28.9 Å². The smallest absolute Gasteiger partial charge is 0.277 e. The van der Waals surface area contributed by atoms with Crippen LogP contribution in [-0.2, 0) is 16.0 Å². The molecule has 0 spiro atoms. The maximum Gasteiger partial charge on any atom is 0.277 e. The molecule has 4 nitrogen and oxygen atoms in total. The minimum absolute atomic E-state index is 0.0197. The van der Waals surface area contributed by atoms with Gasteiger partial charge in [0.2, 0.25) is 0 Å². The van der Waals surface area contributed by atoms with Gasteiger partial charge in [0.15, 0.2) is 0 Å². The van der Waals surface area contributed by atoms with Crippen LogP contribution < -0.4 is 5.32 Å². The molecule has 134 valence electrons. The fourth-order valence-electron chi connectivity index (χ4n) is 2.57. The maximum absolute atomic E-state index is 13.6. The second-order valence-corrected chi connectivity index (χ2v) is 6.36. The SMILES string of the molecule is Cc1c(F)cc(NC2=CC(=O)N(CCc3ccc(Cl)cc3)C2=O)cc1F. The van der Waals surface area contributed by atoms with Gasteiger partial charge in [0.05, 0.1) is 0 Å². The molecule has 0 saturated carbocycles. The molecule has 0 atom stereocenters. The van der Waals surface area contributed by atoms with Crippen LogP contribution >= 0.6 is 11.6 Å². The van der Waals surface area contributed by atoms with Gasteiger partial charge < -0.3 is 5.32 Å². The monoisotopic (exact) mass is 376 g/mol. The highest BCUT2D eigenvalue weighted by Crippen LogP contribution is 2.22. The number of hydrogen-bond donors (Lipinski definition) is 1. The van der Waals surface area contributed by atoms with Crippen molar-refractivity contribution in [3.8, 4) is 0 Å². The fraction of sp³-hybridized carbons (Fsp3) is 0.158. The summed E-state index contributed by atoms with van der Waals surface area (Å²) in [6.45, 7) is 1.51. The highest BCUT2D eigenvalue weighted by atomic mass is 35.5. The number of imide groups is 1. The predicted molar refractivity (Wildman–Crippen MR) is 94.7 cm³/mol. The third-order valence-electron chi connectivity index (χ3n) is 4.11. The lowest BCUT2D eigenvalue weighted by Gasteiger charge is -2.15. The molecule has 2 aromatic rings. The van der Waals surface area contributed by atoms with Gasteiger partial charge in [-0.1, -0.05) is 23.7 Å². The predicted octanol–water partition coefficient (Wildman–Crippen LogP) is 3.83. The molecular formula is C19H15ClF2N2O2. The van der Waals surface area contributed by atoms with Crippen LogP contribution in [0, 0.1) is 18.6 Å². The lowest BCUT2D eigenvalue weighted by molar-refractivity contribution is -0.137. The third-order valence-corrected chi connectivity index (χ3v) is 4.36. The second kappa shape index (κ2) is 7.25. The average Bonchev–Trinajstić information content (AvgIpc) is 2.86. The summed E-state index contributed by atoms with van der Waals surface area (Å²) in [6, 6.07) is 9.25. The lowest BCUT2D eigenvalue weighted by atomic mass is 10.1. The molecule has 2 amide bonds. The Bertz CT molecular complexity index is 887. The Hall–Kier alpha value is -2.73. The minimum atomic E-state index is -0.732. The van der Waals surface area contributed by atoms with Crippen molar-refractivity contribution in [1.29, 1.82) is 0 Å². The first-order valence-electron chi connectivity index (χ1n) is 7.90. The van der Waals surface area contributed by atoms with E-state index in [4.69, 9.17) is 11.6 Å². The summed E-state index contributed by atoms with van der Waals surface area (Å²) in [5.74, 6) is -2.47. The summed E-state index contributed by atoms with van der Waals surface area (Å²) in [5, 5.41) is 3.22. The number of amides is 2. The Morgan fingerprint density at radius 2 is 1.69 bits per heavy atom. The summed E-state index contributed by atoms with van der Waals surface area (Å²) < 4.78 is 27.3. The van der Waals surface area contributed by atoms with Crippen molar-refractivity contribution in [2.24, 2.45) is 0 Å². The summed E-state index contributed by atoms with van der Waals surface area (Å²) in [6.07, 6.45) is 1.60. The molecule has 3 rings (SSSR count). The first-order valence-corrected chi connectivity index (χ1v) is 8.27. The Morgan fingerprint density at radius 3 is 2.31 bits per heavy atom. The molecule has 1 aliphatic heterocycles. The van der Waals surface area contributed by atoms with Crippen LogP contribution in [0.5, 0.6) is 0 Å². The van der Waals surface area contributed by atoms with Crippen LogP contribution in [0.3, 0.4) is 0 Å². The van der Waals surface area contributed by atoms with E-state index in [0.29, 0.717) is 11.4 Å². The van der Waals surface area contributed by atoms with E-state index in [-0.39, 0.29) is 23.5 Å². The number of hydrogen-bond acceptors (Lipinski definition) is 3. The molecule has 1 heterocycles. The molecule has 0 radical (unpaired) electrons. The van der Waals surface area contributed by atoms with Crippen molar-refractivity contribution in [2.45, 2.75) is 13.3 Å². The van der Waals surface area contributed by atoms with E-state index < -0.39 is 23.4 Å². The lowest BCUT2D eigenvalue weighted by Crippen LogP contribution is -2.33. The van der Waals surface area contributed by atoms with Crippen LogP contribution in [0.15, 0.2) is 48.2 Å². The minimum Gasteiger partial charge on any atom is -0.351 e. The number of carbonyl (C=O) groups is 2.